The van der Waals surface area contributed by atoms with Crippen molar-refractivity contribution in [2.45, 2.75) is 5.92 Å². The third kappa shape index (κ3) is 1.35. The van der Waals surface area contributed by atoms with Crippen LogP contribution in [0.4, 0.5) is 0 Å². The highest BCUT2D eigenvalue weighted by Crippen LogP contribution is 2.25. The minimum absolute atomic E-state index is 0.210. The Labute approximate surface area is 84.5 Å². The summed E-state index contributed by atoms with van der Waals surface area (Å²) in [7, 11) is 0. The van der Waals surface area contributed by atoms with Gasteiger partial charge in [0.1, 0.15) is 17.1 Å². The van der Waals surface area contributed by atoms with Gasteiger partial charge in [-0.25, -0.2) is 9.97 Å². The van der Waals surface area contributed by atoms with Crippen molar-refractivity contribution in [1.29, 1.82) is 5.26 Å². The molecule has 2 aromatic heterocycles. The van der Waals surface area contributed by atoms with Crippen LogP contribution in [0, 0.1) is 11.3 Å². The average Bonchev–Trinajstić information content (AvgIpc) is 2.68. The van der Waals surface area contributed by atoms with Gasteiger partial charge in [0.15, 0.2) is 0 Å². The van der Waals surface area contributed by atoms with Gasteiger partial charge >= 0.3 is 0 Å². The summed E-state index contributed by atoms with van der Waals surface area (Å²) in [6.45, 7) is -0.210. The minimum atomic E-state index is -0.560. The second kappa shape index (κ2) is 3.70. The summed E-state index contributed by atoms with van der Waals surface area (Å²) in [5.41, 5.74) is 0.612. The quantitative estimate of drug-likeness (QED) is 0.802. The first-order valence-electron chi connectivity index (χ1n) is 4.05. The van der Waals surface area contributed by atoms with Gasteiger partial charge in [0, 0.05) is 5.39 Å². The molecule has 0 aliphatic carbocycles. The molecule has 0 radical (unpaired) electrons. The largest absolute Gasteiger partial charge is 0.395 e. The molecular formula is C9H7N3OS. The fraction of sp³-hybridized carbons (Fsp3) is 0.222. The van der Waals surface area contributed by atoms with Crippen LogP contribution in [-0.2, 0) is 0 Å². The highest BCUT2D eigenvalue weighted by Gasteiger charge is 2.14. The van der Waals surface area contributed by atoms with Gasteiger partial charge in [-0.15, -0.1) is 11.3 Å². The Morgan fingerprint density at radius 2 is 2.43 bits per heavy atom. The molecule has 0 bridgehead atoms. The van der Waals surface area contributed by atoms with E-state index in [0.717, 1.165) is 10.2 Å². The molecule has 2 rings (SSSR count). The van der Waals surface area contributed by atoms with Crippen LogP contribution < -0.4 is 0 Å². The topological polar surface area (TPSA) is 69.8 Å². The Morgan fingerprint density at radius 1 is 1.57 bits per heavy atom. The van der Waals surface area contributed by atoms with Crippen molar-refractivity contribution < 1.29 is 5.11 Å². The highest BCUT2D eigenvalue weighted by atomic mass is 32.1. The molecule has 0 saturated carbocycles. The summed E-state index contributed by atoms with van der Waals surface area (Å²) in [5, 5.41) is 20.6. The van der Waals surface area contributed by atoms with Crippen molar-refractivity contribution in [2.75, 3.05) is 6.61 Å². The van der Waals surface area contributed by atoms with E-state index in [2.05, 4.69) is 9.97 Å². The molecular weight excluding hydrogens is 198 g/mol. The number of aliphatic hydroxyl groups is 1. The van der Waals surface area contributed by atoms with Gasteiger partial charge in [0.05, 0.1) is 18.4 Å². The maximum Gasteiger partial charge on any atom is 0.126 e. The monoisotopic (exact) mass is 205 g/mol. The first-order valence-corrected chi connectivity index (χ1v) is 4.93. The third-order valence-corrected chi connectivity index (χ3v) is 2.78. The van der Waals surface area contributed by atoms with Crippen molar-refractivity contribution in [3.63, 3.8) is 0 Å². The number of hydrogen-bond donors (Lipinski definition) is 1. The summed E-state index contributed by atoms with van der Waals surface area (Å²) >= 11 is 1.50. The zero-order valence-electron chi connectivity index (χ0n) is 7.21. The predicted molar refractivity (Wildman–Crippen MR) is 52.9 cm³/mol. The summed E-state index contributed by atoms with van der Waals surface area (Å²) in [6.07, 6.45) is 1.42. The number of fused-ring (bicyclic) bond motifs is 1. The molecule has 5 heteroatoms. The number of aromatic nitrogens is 2. The van der Waals surface area contributed by atoms with E-state index >= 15 is 0 Å². The number of rotatable bonds is 2. The van der Waals surface area contributed by atoms with Crippen molar-refractivity contribution in [3.05, 3.63) is 23.5 Å². The van der Waals surface area contributed by atoms with Crippen LogP contribution in [0.1, 0.15) is 11.6 Å². The number of nitriles is 1. The van der Waals surface area contributed by atoms with Crippen LogP contribution in [0.15, 0.2) is 17.8 Å². The number of hydrogen-bond acceptors (Lipinski definition) is 5. The smallest absolute Gasteiger partial charge is 0.126 e. The first kappa shape index (κ1) is 9.06. The van der Waals surface area contributed by atoms with Crippen LogP contribution in [0.3, 0.4) is 0 Å². The second-order valence-electron chi connectivity index (χ2n) is 2.76. The molecule has 0 amide bonds. The minimum Gasteiger partial charge on any atom is -0.395 e. The van der Waals surface area contributed by atoms with E-state index in [1.54, 1.807) is 0 Å². The van der Waals surface area contributed by atoms with Crippen molar-refractivity contribution in [3.8, 4) is 6.07 Å². The third-order valence-electron chi connectivity index (χ3n) is 1.96. The SMILES string of the molecule is N#CC(CO)c1ncnc2sccc12. The van der Waals surface area contributed by atoms with Gasteiger partial charge in [0.25, 0.3) is 0 Å². The van der Waals surface area contributed by atoms with Crippen molar-refractivity contribution in [1.82, 2.24) is 9.97 Å². The number of nitrogens with zero attached hydrogens (tertiary/aromatic N) is 3. The number of thiophene rings is 1. The van der Waals surface area contributed by atoms with E-state index in [1.807, 2.05) is 17.5 Å². The zero-order chi connectivity index (χ0) is 9.97. The molecule has 0 aromatic carbocycles. The van der Waals surface area contributed by atoms with Crippen LogP contribution in [0.25, 0.3) is 10.2 Å². The van der Waals surface area contributed by atoms with Gasteiger partial charge in [-0.3, -0.25) is 0 Å². The van der Waals surface area contributed by atoms with Crippen LogP contribution in [0.5, 0.6) is 0 Å². The Hall–Kier alpha value is -1.51. The Kier molecular flexibility index (Phi) is 2.39. The Bertz CT molecular complexity index is 488. The molecule has 0 saturated heterocycles. The lowest BCUT2D eigenvalue weighted by atomic mass is 10.1. The molecule has 1 unspecified atom stereocenters. The molecule has 0 aliphatic heterocycles. The highest BCUT2D eigenvalue weighted by molar-refractivity contribution is 7.16. The molecule has 4 nitrogen and oxygen atoms in total. The van der Waals surface area contributed by atoms with E-state index in [1.165, 1.54) is 17.7 Å². The molecule has 0 fully saturated rings. The van der Waals surface area contributed by atoms with E-state index < -0.39 is 5.92 Å². The molecule has 14 heavy (non-hydrogen) atoms. The Morgan fingerprint density at radius 3 is 3.14 bits per heavy atom. The molecule has 1 N–H and O–H groups in total. The fourth-order valence-electron chi connectivity index (χ4n) is 1.28. The van der Waals surface area contributed by atoms with Gasteiger partial charge in [-0.05, 0) is 11.4 Å². The van der Waals surface area contributed by atoms with Gasteiger partial charge in [-0.1, -0.05) is 0 Å². The van der Waals surface area contributed by atoms with Crippen LogP contribution in [-0.4, -0.2) is 21.7 Å². The van der Waals surface area contributed by atoms with Crippen molar-refractivity contribution in [2.24, 2.45) is 0 Å². The summed E-state index contributed by atoms with van der Waals surface area (Å²) in [4.78, 5) is 8.95. The average molecular weight is 205 g/mol. The van der Waals surface area contributed by atoms with E-state index in [9.17, 15) is 0 Å². The lowest BCUT2D eigenvalue weighted by molar-refractivity contribution is 0.284. The second-order valence-corrected chi connectivity index (χ2v) is 3.66. The van der Waals surface area contributed by atoms with Gasteiger partial charge < -0.3 is 5.11 Å². The first-order chi connectivity index (χ1) is 6.86. The normalized spacial score (nSPS) is 12.6. The lowest BCUT2D eigenvalue weighted by Crippen LogP contribution is -2.04. The molecule has 0 spiro atoms. The fourth-order valence-corrected chi connectivity index (χ4v) is 2.02. The standard InChI is InChI=1S/C9H7N3OS/c10-3-6(4-13)8-7-1-2-14-9(7)12-5-11-8/h1-2,5-6,13H,4H2. The van der Waals surface area contributed by atoms with Gasteiger partial charge in [-0.2, -0.15) is 5.26 Å². The lowest BCUT2D eigenvalue weighted by Gasteiger charge is -2.04. The van der Waals surface area contributed by atoms with Crippen LogP contribution >= 0.6 is 11.3 Å². The molecule has 0 aliphatic rings. The van der Waals surface area contributed by atoms with Gasteiger partial charge in [0.2, 0.25) is 0 Å². The van der Waals surface area contributed by atoms with E-state index in [4.69, 9.17) is 10.4 Å². The van der Waals surface area contributed by atoms with Crippen LogP contribution in [0.2, 0.25) is 0 Å². The maximum atomic E-state index is 9.00. The van der Waals surface area contributed by atoms with Crippen molar-refractivity contribution >= 4 is 21.6 Å². The summed E-state index contributed by atoms with van der Waals surface area (Å²) in [6, 6.07) is 3.88. The van der Waals surface area contributed by atoms with E-state index in [-0.39, 0.29) is 6.61 Å². The predicted octanol–water partition coefficient (Wildman–Crippen LogP) is 1.29. The summed E-state index contributed by atoms with van der Waals surface area (Å²) < 4.78 is 0. The molecule has 2 heterocycles. The summed E-state index contributed by atoms with van der Waals surface area (Å²) in [5.74, 6) is -0.560. The molecule has 2 aromatic rings. The maximum absolute atomic E-state index is 9.00. The van der Waals surface area contributed by atoms with E-state index in [0.29, 0.717) is 5.69 Å². The molecule has 1 atom stereocenters. The zero-order valence-corrected chi connectivity index (χ0v) is 8.03. The number of aliphatic hydroxyl groups excluding tert-OH is 1. The Balaban J connectivity index is 2.62. The molecule has 70 valence electrons.